The average Bonchev–Trinajstić information content (AvgIpc) is 2.68. The van der Waals surface area contributed by atoms with Gasteiger partial charge in [0.15, 0.2) is 0 Å². The number of amides is 1. The van der Waals surface area contributed by atoms with Crippen molar-refractivity contribution in [1.29, 1.82) is 0 Å². The third-order valence-corrected chi connectivity index (χ3v) is 4.50. The van der Waals surface area contributed by atoms with Crippen molar-refractivity contribution in [3.8, 4) is 0 Å². The minimum Gasteiger partial charge on any atom is -0.379 e. The van der Waals surface area contributed by atoms with Gasteiger partial charge in [-0.25, -0.2) is 9.97 Å². The summed E-state index contributed by atoms with van der Waals surface area (Å²) < 4.78 is 5.36. The Morgan fingerprint density at radius 3 is 2.70 bits per heavy atom. The van der Waals surface area contributed by atoms with Crippen molar-refractivity contribution in [3.63, 3.8) is 0 Å². The van der Waals surface area contributed by atoms with E-state index in [2.05, 4.69) is 20.2 Å². The van der Waals surface area contributed by atoms with Crippen molar-refractivity contribution >= 4 is 11.7 Å². The number of benzene rings is 1. The molecule has 0 spiro atoms. The summed E-state index contributed by atoms with van der Waals surface area (Å²) in [5.74, 6) is 1.16. The molecule has 0 unspecified atom stereocenters. The van der Waals surface area contributed by atoms with E-state index in [4.69, 9.17) is 4.74 Å². The van der Waals surface area contributed by atoms with Crippen molar-refractivity contribution < 1.29 is 9.53 Å². The number of hydrogen-bond acceptors (Lipinski definition) is 6. The Bertz CT molecular complexity index is 747. The van der Waals surface area contributed by atoms with Crippen LogP contribution in [0.4, 0.5) is 5.82 Å². The summed E-state index contributed by atoms with van der Waals surface area (Å²) in [6.07, 6.45) is 0. The maximum Gasteiger partial charge on any atom is 0.272 e. The van der Waals surface area contributed by atoms with Crippen molar-refractivity contribution in [1.82, 2.24) is 19.8 Å². The number of nitrogens with one attached hydrogen (secondary N) is 1. The van der Waals surface area contributed by atoms with Crippen molar-refractivity contribution in [2.45, 2.75) is 13.5 Å². The molecule has 7 nitrogen and oxygen atoms in total. The van der Waals surface area contributed by atoms with E-state index in [1.54, 1.807) is 24.9 Å². The fourth-order valence-electron chi connectivity index (χ4n) is 3.06. The summed E-state index contributed by atoms with van der Waals surface area (Å²) in [7, 11) is 1.79. The Morgan fingerprint density at radius 2 is 1.96 bits per heavy atom. The topological polar surface area (TPSA) is 70.6 Å². The van der Waals surface area contributed by atoms with Crippen LogP contribution in [-0.4, -0.2) is 72.1 Å². The molecule has 0 aliphatic carbocycles. The number of hydrogen-bond donors (Lipinski definition) is 1. The second-order valence-electron chi connectivity index (χ2n) is 6.71. The molecule has 3 rings (SSSR count). The molecule has 1 aliphatic heterocycles. The fraction of sp³-hybridized carbons (Fsp3) is 0.450. The summed E-state index contributed by atoms with van der Waals surface area (Å²) in [6.45, 7) is 7.53. The molecule has 0 bridgehead atoms. The van der Waals surface area contributed by atoms with Gasteiger partial charge >= 0.3 is 0 Å². The van der Waals surface area contributed by atoms with Gasteiger partial charge < -0.3 is 15.0 Å². The van der Waals surface area contributed by atoms with Gasteiger partial charge in [0.2, 0.25) is 0 Å². The van der Waals surface area contributed by atoms with Crippen LogP contribution in [0.15, 0.2) is 36.4 Å². The highest BCUT2D eigenvalue weighted by Crippen LogP contribution is 2.11. The minimum atomic E-state index is -0.111. The summed E-state index contributed by atoms with van der Waals surface area (Å²) in [6, 6.07) is 11.7. The molecule has 2 heterocycles. The molecule has 1 aromatic heterocycles. The Balaban J connectivity index is 1.59. The SMILES string of the molecule is Cc1nc(NCCN2CCOCC2)cc(C(=O)N(C)Cc2ccccc2)n1. The molecule has 0 atom stereocenters. The van der Waals surface area contributed by atoms with Crippen molar-refractivity contribution in [3.05, 3.63) is 53.5 Å². The van der Waals surface area contributed by atoms with E-state index in [1.807, 2.05) is 30.3 Å². The molecule has 2 aromatic rings. The molecule has 1 saturated heterocycles. The molecule has 0 radical (unpaired) electrons. The van der Waals surface area contributed by atoms with E-state index in [0.717, 1.165) is 45.0 Å². The third-order valence-electron chi connectivity index (χ3n) is 4.50. The first-order valence-corrected chi connectivity index (χ1v) is 9.31. The normalized spacial score (nSPS) is 14.7. The zero-order chi connectivity index (χ0) is 19.1. The van der Waals surface area contributed by atoms with E-state index in [0.29, 0.717) is 23.9 Å². The quantitative estimate of drug-likeness (QED) is 0.803. The van der Waals surface area contributed by atoms with Gasteiger partial charge in [-0.15, -0.1) is 0 Å². The van der Waals surface area contributed by atoms with Crippen LogP contribution >= 0.6 is 0 Å². The van der Waals surface area contributed by atoms with Crippen LogP contribution in [0, 0.1) is 6.92 Å². The highest BCUT2D eigenvalue weighted by Gasteiger charge is 2.16. The first-order valence-electron chi connectivity index (χ1n) is 9.31. The predicted octanol–water partition coefficient (Wildman–Crippen LogP) is 1.80. The van der Waals surface area contributed by atoms with Gasteiger partial charge in [-0.3, -0.25) is 9.69 Å². The molecule has 1 aliphatic rings. The van der Waals surface area contributed by atoms with E-state index in [-0.39, 0.29) is 5.91 Å². The molecule has 1 aromatic carbocycles. The number of nitrogens with zero attached hydrogens (tertiary/aromatic N) is 4. The molecule has 1 fully saturated rings. The lowest BCUT2D eigenvalue weighted by atomic mass is 10.2. The second kappa shape index (κ2) is 9.43. The Hall–Kier alpha value is -2.51. The van der Waals surface area contributed by atoms with E-state index >= 15 is 0 Å². The molecule has 144 valence electrons. The summed E-state index contributed by atoms with van der Waals surface area (Å²) in [4.78, 5) is 25.5. The Morgan fingerprint density at radius 1 is 1.22 bits per heavy atom. The number of anilines is 1. The minimum absolute atomic E-state index is 0.111. The van der Waals surface area contributed by atoms with Gasteiger partial charge in [0, 0.05) is 45.8 Å². The summed E-state index contributed by atoms with van der Waals surface area (Å²) >= 11 is 0. The smallest absolute Gasteiger partial charge is 0.272 e. The van der Waals surface area contributed by atoms with Gasteiger partial charge in [-0.2, -0.15) is 0 Å². The lowest BCUT2D eigenvalue weighted by molar-refractivity contribution is 0.0398. The zero-order valence-electron chi connectivity index (χ0n) is 16.0. The largest absolute Gasteiger partial charge is 0.379 e. The number of morpholine rings is 1. The number of rotatable bonds is 7. The number of aryl methyl sites for hydroxylation is 1. The number of carbonyl (C=O) groups excluding carboxylic acids is 1. The molecule has 27 heavy (non-hydrogen) atoms. The molecule has 7 heteroatoms. The van der Waals surface area contributed by atoms with Crippen LogP contribution in [0.3, 0.4) is 0 Å². The van der Waals surface area contributed by atoms with Gasteiger partial charge in [0.05, 0.1) is 13.2 Å². The molecule has 0 saturated carbocycles. The highest BCUT2D eigenvalue weighted by atomic mass is 16.5. The molecule has 1 N–H and O–H groups in total. The van der Waals surface area contributed by atoms with Crippen molar-refractivity contribution in [2.24, 2.45) is 0 Å². The monoisotopic (exact) mass is 369 g/mol. The van der Waals surface area contributed by atoms with Gasteiger partial charge in [0.25, 0.3) is 5.91 Å². The lowest BCUT2D eigenvalue weighted by Crippen LogP contribution is -2.39. The zero-order valence-corrected chi connectivity index (χ0v) is 16.0. The molecular weight excluding hydrogens is 342 g/mol. The number of carbonyl (C=O) groups is 1. The predicted molar refractivity (Wildman–Crippen MR) is 105 cm³/mol. The van der Waals surface area contributed by atoms with E-state index in [9.17, 15) is 4.79 Å². The Labute approximate surface area is 160 Å². The van der Waals surface area contributed by atoms with Crippen LogP contribution in [0.5, 0.6) is 0 Å². The molecule has 1 amide bonds. The van der Waals surface area contributed by atoms with Gasteiger partial charge in [0.1, 0.15) is 17.3 Å². The maximum absolute atomic E-state index is 12.8. The van der Waals surface area contributed by atoms with E-state index < -0.39 is 0 Å². The average molecular weight is 369 g/mol. The van der Waals surface area contributed by atoms with Crippen LogP contribution < -0.4 is 5.32 Å². The Kier molecular flexibility index (Phi) is 6.73. The van der Waals surface area contributed by atoms with E-state index in [1.165, 1.54) is 0 Å². The summed E-state index contributed by atoms with van der Waals surface area (Å²) in [5.41, 5.74) is 1.50. The van der Waals surface area contributed by atoms with Crippen LogP contribution in [0.2, 0.25) is 0 Å². The maximum atomic E-state index is 12.8. The second-order valence-corrected chi connectivity index (χ2v) is 6.71. The fourth-order valence-corrected chi connectivity index (χ4v) is 3.06. The molecular formula is C20H27N5O2. The highest BCUT2D eigenvalue weighted by molar-refractivity contribution is 5.92. The first-order chi connectivity index (χ1) is 13.1. The first kappa shape index (κ1) is 19.3. The number of aromatic nitrogens is 2. The van der Waals surface area contributed by atoms with Gasteiger partial charge in [-0.05, 0) is 12.5 Å². The van der Waals surface area contributed by atoms with Crippen LogP contribution in [-0.2, 0) is 11.3 Å². The van der Waals surface area contributed by atoms with Crippen LogP contribution in [0.1, 0.15) is 21.9 Å². The van der Waals surface area contributed by atoms with Crippen molar-refractivity contribution in [2.75, 3.05) is 51.8 Å². The standard InChI is InChI=1S/C20H27N5O2/c1-16-22-18(20(26)24(2)15-17-6-4-3-5-7-17)14-19(23-16)21-8-9-25-10-12-27-13-11-25/h3-7,14H,8-13,15H2,1-2H3,(H,21,22,23). The summed E-state index contributed by atoms with van der Waals surface area (Å²) in [5, 5.41) is 3.31. The number of ether oxygens (including phenoxy) is 1. The lowest BCUT2D eigenvalue weighted by Gasteiger charge is -2.26. The van der Waals surface area contributed by atoms with Gasteiger partial charge in [-0.1, -0.05) is 30.3 Å². The third kappa shape index (κ3) is 5.74. The van der Waals surface area contributed by atoms with Crippen LogP contribution in [0.25, 0.3) is 0 Å².